The number of anilines is 1. The summed E-state index contributed by atoms with van der Waals surface area (Å²) in [5.41, 5.74) is -0.0812. The minimum absolute atomic E-state index is 0.0812. The van der Waals surface area contributed by atoms with Crippen LogP contribution in [0.2, 0.25) is 0 Å². The quantitative estimate of drug-likeness (QED) is 0.703. The van der Waals surface area contributed by atoms with Crippen LogP contribution in [0.3, 0.4) is 0 Å². The molecule has 98 valence electrons. The summed E-state index contributed by atoms with van der Waals surface area (Å²) in [7, 11) is 0. The molecular formula is C12H18N4O2. The number of hydrogen-bond donors (Lipinski definition) is 3. The average molecular weight is 250 g/mol. The third-order valence-electron chi connectivity index (χ3n) is 3.25. The van der Waals surface area contributed by atoms with Crippen molar-refractivity contribution in [2.45, 2.75) is 24.8 Å². The molecule has 3 N–H and O–H groups in total. The molecule has 2 aliphatic rings. The summed E-state index contributed by atoms with van der Waals surface area (Å²) in [5.74, 6) is 1.93. The molecule has 2 heterocycles. The highest BCUT2D eigenvalue weighted by Gasteiger charge is 2.26. The molecule has 1 unspecified atom stereocenters. The first kappa shape index (κ1) is 11.7. The van der Waals surface area contributed by atoms with Gasteiger partial charge in [-0.15, -0.1) is 0 Å². The molecule has 6 nitrogen and oxygen atoms in total. The number of aromatic nitrogens is 2. The van der Waals surface area contributed by atoms with E-state index >= 15 is 0 Å². The molecule has 0 amide bonds. The molecule has 1 aromatic rings. The highest BCUT2D eigenvalue weighted by molar-refractivity contribution is 5.34. The van der Waals surface area contributed by atoms with Gasteiger partial charge in [0.2, 0.25) is 0 Å². The smallest absolute Gasteiger partial charge is 0.252 e. The molecule has 0 aromatic carbocycles. The molecule has 1 saturated heterocycles. The lowest BCUT2D eigenvalue weighted by Gasteiger charge is -2.24. The van der Waals surface area contributed by atoms with E-state index in [9.17, 15) is 4.79 Å². The number of aromatic amines is 1. The molecule has 1 aliphatic carbocycles. The van der Waals surface area contributed by atoms with E-state index in [-0.39, 0.29) is 11.6 Å². The Morgan fingerprint density at radius 3 is 3.11 bits per heavy atom. The maximum atomic E-state index is 11.5. The van der Waals surface area contributed by atoms with Crippen molar-refractivity contribution in [1.29, 1.82) is 0 Å². The van der Waals surface area contributed by atoms with Gasteiger partial charge in [0.1, 0.15) is 11.6 Å². The summed E-state index contributed by atoms with van der Waals surface area (Å²) in [4.78, 5) is 18.8. The normalized spacial score (nSPS) is 23.9. The summed E-state index contributed by atoms with van der Waals surface area (Å²) in [6.07, 6.45) is 2.26. The van der Waals surface area contributed by atoms with E-state index in [1.807, 2.05) is 0 Å². The van der Waals surface area contributed by atoms with E-state index in [2.05, 4.69) is 20.6 Å². The number of nitrogens with one attached hydrogen (secondary N) is 3. The van der Waals surface area contributed by atoms with Gasteiger partial charge in [-0.25, -0.2) is 4.98 Å². The number of nitrogens with zero attached hydrogens (tertiary/aromatic N) is 1. The third-order valence-corrected chi connectivity index (χ3v) is 3.25. The highest BCUT2D eigenvalue weighted by atomic mass is 16.5. The predicted octanol–water partition coefficient (Wildman–Crippen LogP) is 0.0476. The maximum Gasteiger partial charge on any atom is 0.252 e. The Hall–Kier alpha value is -1.40. The van der Waals surface area contributed by atoms with Gasteiger partial charge in [0.05, 0.1) is 13.2 Å². The lowest BCUT2D eigenvalue weighted by molar-refractivity contribution is 0.0806. The molecule has 0 bridgehead atoms. The number of hydrogen-bond acceptors (Lipinski definition) is 5. The Morgan fingerprint density at radius 2 is 2.39 bits per heavy atom. The first-order chi connectivity index (χ1) is 8.81. The van der Waals surface area contributed by atoms with E-state index in [1.54, 1.807) is 0 Å². The average Bonchev–Trinajstić information content (AvgIpc) is 3.21. The fraction of sp³-hybridized carbons (Fsp3) is 0.667. The van der Waals surface area contributed by atoms with Gasteiger partial charge in [0, 0.05) is 31.1 Å². The van der Waals surface area contributed by atoms with E-state index in [4.69, 9.17) is 4.74 Å². The van der Waals surface area contributed by atoms with Crippen LogP contribution in [0.5, 0.6) is 0 Å². The zero-order valence-corrected chi connectivity index (χ0v) is 10.2. The monoisotopic (exact) mass is 250 g/mol. The second-order valence-corrected chi connectivity index (χ2v) is 4.90. The fourth-order valence-corrected chi connectivity index (χ4v) is 2.10. The zero-order chi connectivity index (χ0) is 12.4. The second kappa shape index (κ2) is 5.07. The molecule has 0 radical (unpaired) electrons. The second-order valence-electron chi connectivity index (χ2n) is 4.90. The van der Waals surface area contributed by atoms with E-state index in [0.717, 1.165) is 38.4 Å². The molecule has 1 aromatic heterocycles. The van der Waals surface area contributed by atoms with Crippen molar-refractivity contribution in [2.24, 2.45) is 0 Å². The fourth-order valence-electron chi connectivity index (χ4n) is 2.10. The largest absolute Gasteiger partial charge is 0.378 e. The standard InChI is InChI=1S/C12H18N4O2/c17-11-5-10(15-12(16-11)8-1-2-8)14-6-9-7-18-4-3-13-9/h5,8-9,13H,1-4,6-7H2,(H2,14,15,16,17). The Balaban J connectivity index is 1.62. The lowest BCUT2D eigenvalue weighted by atomic mass is 10.3. The first-order valence-corrected chi connectivity index (χ1v) is 6.47. The molecule has 1 saturated carbocycles. The van der Waals surface area contributed by atoms with Crippen LogP contribution in [0.1, 0.15) is 24.6 Å². The molecule has 2 fully saturated rings. The van der Waals surface area contributed by atoms with Gasteiger partial charge in [-0.1, -0.05) is 0 Å². The van der Waals surface area contributed by atoms with Crippen LogP contribution >= 0.6 is 0 Å². The first-order valence-electron chi connectivity index (χ1n) is 6.47. The van der Waals surface area contributed by atoms with Crippen molar-refractivity contribution < 1.29 is 4.74 Å². The number of rotatable bonds is 4. The molecule has 1 aliphatic heterocycles. The van der Waals surface area contributed by atoms with Gasteiger partial charge in [-0.3, -0.25) is 4.79 Å². The van der Waals surface area contributed by atoms with Gasteiger partial charge in [0.25, 0.3) is 5.56 Å². The zero-order valence-electron chi connectivity index (χ0n) is 10.2. The highest BCUT2D eigenvalue weighted by Crippen LogP contribution is 2.37. The van der Waals surface area contributed by atoms with E-state index in [0.29, 0.717) is 18.3 Å². The van der Waals surface area contributed by atoms with E-state index < -0.39 is 0 Å². The maximum absolute atomic E-state index is 11.5. The summed E-state index contributed by atoms with van der Waals surface area (Å²) < 4.78 is 5.38. The SMILES string of the molecule is O=c1cc(NCC2COCCN2)nc(C2CC2)[nH]1. The van der Waals surface area contributed by atoms with E-state index in [1.165, 1.54) is 6.07 Å². The molecule has 0 spiro atoms. The number of ether oxygens (including phenoxy) is 1. The van der Waals surface area contributed by atoms with Crippen molar-refractivity contribution in [2.75, 3.05) is 31.6 Å². The third kappa shape index (κ3) is 2.88. The number of H-pyrrole nitrogens is 1. The topological polar surface area (TPSA) is 79.0 Å². The Labute approximate surface area is 105 Å². The van der Waals surface area contributed by atoms with Gasteiger partial charge < -0.3 is 20.4 Å². The molecule has 18 heavy (non-hydrogen) atoms. The van der Waals surface area contributed by atoms with Crippen LogP contribution < -0.4 is 16.2 Å². The van der Waals surface area contributed by atoms with Crippen molar-refractivity contribution in [3.63, 3.8) is 0 Å². The molecule has 1 atom stereocenters. The number of morpholine rings is 1. The van der Waals surface area contributed by atoms with Crippen molar-refractivity contribution in [3.05, 3.63) is 22.2 Å². The van der Waals surface area contributed by atoms with Crippen molar-refractivity contribution in [3.8, 4) is 0 Å². The minimum Gasteiger partial charge on any atom is -0.378 e. The Kier molecular flexibility index (Phi) is 3.29. The van der Waals surface area contributed by atoms with Crippen LogP contribution in [-0.4, -0.2) is 42.3 Å². The predicted molar refractivity (Wildman–Crippen MR) is 67.9 cm³/mol. The molecule has 6 heteroatoms. The van der Waals surface area contributed by atoms with Crippen LogP contribution in [-0.2, 0) is 4.74 Å². The van der Waals surface area contributed by atoms with Gasteiger partial charge >= 0.3 is 0 Å². The molecular weight excluding hydrogens is 232 g/mol. The summed E-state index contributed by atoms with van der Waals surface area (Å²) in [6.45, 7) is 3.07. The van der Waals surface area contributed by atoms with Crippen LogP contribution in [0.4, 0.5) is 5.82 Å². The van der Waals surface area contributed by atoms with Gasteiger partial charge in [-0.2, -0.15) is 0 Å². The van der Waals surface area contributed by atoms with Crippen LogP contribution in [0.15, 0.2) is 10.9 Å². The molecule has 3 rings (SSSR count). The summed E-state index contributed by atoms with van der Waals surface area (Å²) in [5, 5.41) is 6.56. The lowest BCUT2D eigenvalue weighted by Crippen LogP contribution is -2.45. The summed E-state index contributed by atoms with van der Waals surface area (Å²) >= 11 is 0. The van der Waals surface area contributed by atoms with Gasteiger partial charge in [0.15, 0.2) is 0 Å². The minimum atomic E-state index is -0.0812. The Bertz CT molecular complexity index is 463. The van der Waals surface area contributed by atoms with Crippen LogP contribution in [0.25, 0.3) is 0 Å². The van der Waals surface area contributed by atoms with Gasteiger partial charge in [-0.05, 0) is 12.8 Å². The van der Waals surface area contributed by atoms with Crippen molar-refractivity contribution in [1.82, 2.24) is 15.3 Å². The van der Waals surface area contributed by atoms with Crippen LogP contribution in [0, 0.1) is 0 Å². The van der Waals surface area contributed by atoms with Crippen molar-refractivity contribution >= 4 is 5.82 Å². The Morgan fingerprint density at radius 1 is 1.50 bits per heavy atom. The summed E-state index contributed by atoms with van der Waals surface area (Å²) in [6, 6.07) is 1.79.